The summed E-state index contributed by atoms with van der Waals surface area (Å²) in [7, 11) is 0. The highest BCUT2D eigenvalue weighted by molar-refractivity contribution is 5.95. The fourth-order valence-electron chi connectivity index (χ4n) is 3.04. The number of carbonyl (C=O) groups is 2. The smallest absolute Gasteiger partial charge is 0.319 e. The second kappa shape index (κ2) is 9.26. The second-order valence-electron chi connectivity index (χ2n) is 7.24. The molecule has 1 aliphatic rings. The van der Waals surface area contributed by atoms with E-state index in [0.29, 0.717) is 36.9 Å². The van der Waals surface area contributed by atoms with Crippen molar-refractivity contribution in [2.45, 2.75) is 25.3 Å². The number of nitrogens with zero attached hydrogens (tertiary/aromatic N) is 1. The largest absolute Gasteiger partial charge is 0.491 e. The monoisotopic (exact) mass is 404 g/mol. The predicted octanol–water partition coefficient (Wildman–Crippen LogP) is 3.72. The molecule has 30 heavy (non-hydrogen) atoms. The molecule has 3 amide bonds. The van der Waals surface area contributed by atoms with Crippen molar-refractivity contribution in [3.63, 3.8) is 0 Å². The van der Waals surface area contributed by atoms with Crippen LogP contribution in [0.3, 0.4) is 0 Å². The number of benzene rings is 2. The van der Waals surface area contributed by atoms with Crippen LogP contribution in [-0.2, 0) is 0 Å². The molecule has 0 spiro atoms. The molecule has 7 heteroatoms. The molecule has 0 aliphatic heterocycles. The summed E-state index contributed by atoms with van der Waals surface area (Å²) in [5.41, 5.74) is 2.03. The maximum Gasteiger partial charge on any atom is 0.319 e. The van der Waals surface area contributed by atoms with Crippen LogP contribution in [0.4, 0.5) is 10.5 Å². The summed E-state index contributed by atoms with van der Waals surface area (Å²) in [5.74, 6) is 0.587. The van der Waals surface area contributed by atoms with Crippen LogP contribution in [0.25, 0.3) is 10.9 Å². The Hall–Kier alpha value is -3.61. The molecule has 0 unspecified atom stereocenters. The molecule has 0 atom stereocenters. The first-order valence-electron chi connectivity index (χ1n) is 10.1. The van der Waals surface area contributed by atoms with E-state index in [2.05, 4.69) is 20.9 Å². The number of amides is 3. The molecule has 1 heterocycles. The average Bonchev–Trinajstić information content (AvgIpc) is 3.58. The van der Waals surface area contributed by atoms with Gasteiger partial charge in [-0.2, -0.15) is 0 Å². The van der Waals surface area contributed by atoms with Crippen LogP contribution in [0.2, 0.25) is 0 Å². The molecule has 0 bridgehead atoms. The Balaban J connectivity index is 1.19. The summed E-state index contributed by atoms with van der Waals surface area (Å²) in [5, 5.41) is 9.54. The number of hydrogen-bond acceptors (Lipinski definition) is 4. The molecule has 0 radical (unpaired) electrons. The van der Waals surface area contributed by atoms with Crippen LogP contribution < -0.4 is 20.7 Å². The van der Waals surface area contributed by atoms with Gasteiger partial charge < -0.3 is 20.7 Å². The van der Waals surface area contributed by atoms with Gasteiger partial charge in [-0.15, -0.1) is 0 Å². The van der Waals surface area contributed by atoms with Crippen LogP contribution >= 0.6 is 0 Å². The Morgan fingerprint density at radius 1 is 1.03 bits per heavy atom. The second-order valence-corrected chi connectivity index (χ2v) is 7.24. The molecule has 1 fully saturated rings. The van der Waals surface area contributed by atoms with Gasteiger partial charge in [-0.05, 0) is 55.7 Å². The van der Waals surface area contributed by atoms with E-state index in [1.807, 2.05) is 30.3 Å². The first-order chi connectivity index (χ1) is 14.7. The Bertz CT molecular complexity index is 1030. The van der Waals surface area contributed by atoms with Gasteiger partial charge >= 0.3 is 6.03 Å². The zero-order valence-electron chi connectivity index (χ0n) is 16.6. The van der Waals surface area contributed by atoms with Crippen LogP contribution in [0.1, 0.15) is 29.6 Å². The van der Waals surface area contributed by atoms with Gasteiger partial charge in [-0.3, -0.25) is 9.78 Å². The molecule has 7 nitrogen and oxygen atoms in total. The summed E-state index contributed by atoms with van der Waals surface area (Å²) >= 11 is 0. The van der Waals surface area contributed by atoms with Gasteiger partial charge in [-0.25, -0.2) is 4.79 Å². The van der Waals surface area contributed by atoms with Crippen LogP contribution in [0, 0.1) is 0 Å². The third kappa shape index (κ3) is 5.26. The number of rotatable bonds is 8. The minimum Gasteiger partial charge on any atom is -0.491 e. The number of anilines is 1. The van der Waals surface area contributed by atoms with E-state index in [-0.39, 0.29) is 11.9 Å². The molecular formula is C23H24N4O3. The van der Waals surface area contributed by atoms with Crippen molar-refractivity contribution in [2.24, 2.45) is 0 Å². The first kappa shape index (κ1) is 19.7. The molecule has 2 aromatic carbocycles. The van der Waals surface area contributed by atoms with E-state index in [1.165, 1.54) is 0 Å². The van der Waals surface area contributed by atoms with E-state index in [0.717, 1.165) is 29.5 Å². The maximum atomic E-state index is 12.3. The lowest BCUT2D eigenvalue weighted by molar-refractivity contribution is 0.0951. The predicted molar refractivity (Wildman–Crippen MR) is 116 cm³/mol. The molecule has 154 valence electrons. The minimum absolute atomic E-state index is 0.157. The van der Waals surface area contributed by atoms with Gasteiger partial charge in [0.15, 0.2) is 0 Å². The third-order valence-electron chi connectivity index (χ3n) is 4.78. The molecule has 0 saturated heterocycles. The van der Waals surface area contributed by atoms with Gasteiger partial charge in [0.25, 0.3) is 5.91 Å². The normalized spacial score (nSPS) is 12.9. The van der Waals surface area contributed by atoms with Gasteiger partial charge in [0.05, 0.1) is 6.61 Å². The van der Waals surface area contributed by atoms with Crippen LogP contribution in [0.5, 0.6) is 5.75 Å². The van der Waals surface area contributed by atoms with Crippen molar-refractivity contribution in [3.8, 4) is 5.75 Å². The lowest BCUT2D eigenvalue weighted by Gasteiger charge is -2.10. The summed E-state index contributed by atoms with van der Waals surface area (Å²) < 4.78 is 5.83. The SMILES string of the molecule is O=C(Nc1ccc(C(=O)NCCCOc2cccc3cccnc23)cc1)NC1CC1. The van der Waals surface area contributed by atoms with Gasteiger partial charge in [-0.1, -0.05) is 18.2 Å². The van der Waals surface area contributed by atoms with Crippen molar-refractivity contribution >= 4 is 28.5 Å². The van der Waals surface area contributed by atoms with E-state index in [9.17, 15) is 9.59 Å². The quantitative estimate of drug-likeness (QED) is 0.499. The number of pyridine rings is 1. The van der Waals surface area contributed by atoms with E-state index in [1.54, 1.807) is 30.5 Å². The van der Waals surface area contributed by atoms with Crippen LogP contribution in [0.15, 0.2) is 60.8 Å². The van der Waals surface area contributed by atoms with Crippen molar-refractivity contribution < 1.29 is 14.3 Å². The Morgan fingerprint density at radius 3 is 2.63 bits per heavy atom. The highest BCUT2D eigenvalue weighted by Gasteiger charge is 2.23. The number of nitrogens with one attached hydrogen (secondary N) is 3. The first-order valence-corrected chi connectivity index (χ1v) is 10.1. The highest BCUT2D eigenvalue weighted by atomic mass is 16.5. The number of carbonyl (C=O) groups excluding carboxylic acids is 2. The summed E-state index contributed by atoms with van der Waals surface area (Å²) in [6.45, 7) is 0.982. The molecular weight excluding hydrogens is 380 g/mol. The molecule has 1 saturated carbocycles. The van der Waals surface area contributed by atoms with Crippen LogP contribution in [-0.4, -0.2) is 36.1 Å². The lowest BCUT2D eigenvalue weighted by Crippen LogP contribution is -2.30. The maximum absolute atomic E-state index is 12.3. The van der Waals surface area contributed by atoms with Crippen molar-refractivity contribution in [3.05, 3.63) is 66.4 Å². The topological polar surface area (TPSA) is 92.4 Å². The Kier molecular flexibility index (Phi) is 6.08. The molecule has 3 aromatic rings. The number of aromatic nitrogens is 1. The summed E-state index contributed by atoms with van der Waals surface area (Å²) in [6, 6.07) is 16.6. The number of ether oxygens (including phenoxy) is 1. The Morgan fingerprint density at radius 2 is 1.83 bits per heavy atom. The standard InChI is InChI=1S/C23H24N4O3/c28-22(17-7-9-18(10-8-17)26-23(29)27-19-11-12-19)25-14-3-15-30-20-6-1-4-16-5-2-13-24-21(16)20/h1-2,4-10,13,19H,3,11-12,14-15H2,(H,25,28)(H2,26,27,29). The van der Waals surface area contributed by atoms with Crippen molar-refractivity contribution in [2.75, 3.05) is 18.5 Å². The number of urea groups is 1. The highest BCUT2D eigenvalue weighted by Crippen LogP contribution is 2.23. The Labute approximate surface area is 174 Å². The van der Waals surface area contributed by atoms with Crippen molar-refractivity contribution in [1.29, 1.82) is 0 Å². The molecule has 4 rings (SSSR count). The minimum atomic E-state index is -0.212. The number of fused-ring (bicyclic) bond motifs is 1. The fraction of sp³-hybridized carbons (Fsp3) is 0.261. The van der Waals surface area contributed by atoms with Gasteiger partial charge in [0.2, 0.25) is 0 Å². The van der Waals surface area contributed by atoms with Gasteiger partial charge in [0.1, 0.15) is 11.3 Å². The zero-order chi connectivity index (χ0) is 20.8. The summed E-state index contributed by atoms with van der Waals surface area (Å²) in [4.78, 5) is 28.4. The molecule has 1 aromatic heterocycles. The number of hydrogen-bond donors (Lipinski definition) is 3. The average molecular weight is 404 g/mol. The van der Waals surface area contributed by atoms with Gasteiger partial charge in [0, 0.05) is 35.4 Å². The molecule has 3 N–H and O–H groups in total. The fourth-order valence-corrected chi connectivity index (χ4v) is 3.04. The molecule has 1 aliphatic carbocycles. The zero-order valence-corrected chi connectivity index (χ0v) is 16.6. The third-order valence-corrected chi connectivity index (χ3v) is 4.78. The van der Waals surface area contributed by atoms with E-state index >= 15 is 0 Å². The van der Waals surface area contributed by atoms with Crippen molar-refractivity contribution in [1.82, 2.24) is 15.6 Å². The van der Waals surface area contributed by atoms with E-state index < -0.39 is 0 Å². The summed E-state index contributed by atoms with van der Waals surface area (Å²) in [6.07, 6.45) is 4.50. The lowest BCUT2D eigenvalue weighted by atomic mass is 10.2. The number of para-hydroxylation sites is 1. The van der Waals surface area contributed by atoms with E-state index in [4.69, 9.17) is 4.74 Å².